The molecule has 3 rings (SSSR count). The Kier molecular flexibility index (Phi) is 7.66. The highest BCUT2D eigenvalue weighted by Crippen LogP contribution is 2.29. The second kappa shape index (κ2) is 10.3. The van der Waals surface area contributed by atoms with Gasteiger partial charge in [0.2, 0.25) is 15.9 Å². The summed E-state index contributed by atoms with van der Waals surface area (Å²) in [7, 11) is -1.77. The number of hydrogen-bond acceptors (Lipinski definition) is 5. The molecule has 0 radical (unpaired) electrons. The number of carbonyl (C=O) groups is 1. The minimum atomic E-state index is -3.43. The molecule has 8 heteroatoms. The van der Waals surface area contributed by atoms with Crippen LogP contribution in [0.3, 0.4) is 0 Å². The largest absolute Gasteiger partial charge is 0.495 e. The lowest BCUT2D eigenvalue weighted by Gasteiger charge is -2.36. The number of anilines is 2. The Morgan fingerprint density at radius 2 is 1.72 bits per heavy atom. The lowest BCUT2D eigenvalue weighted by molar-refractivity contribution is -0.131. The predicted octanol–water partition coefficient (Wildman–Crippen LogP) is 3.21. The second-order valence-electron chi connectivity index (χ2n) is 8.20. The highest BCUT2D eigenvalue weighted by Gasteiger charge is 2.24. The van der Waals surface area contributed by atoms with Gasteiger partial charge in [-0.3, -0.25) is 9.10 Å². The van der Waals surface area contributed by atoms with E-state index in [-0.39, 0.29) is 12.5 Å². The predicted molar refractivity (Wildman–Crippen MR) is 129 cm³/mol. The highest BCUT2D eigenvalue weighted by molar-refractivity contribution is 7.92. The first-order chi connectivity index (χ1) is 15.2. The molecule has 1 aliphatic rings. The number of carbonyl (C=O) groups excluding carboxylic acids is 1. The first-order valence-corrected chi connectivity index (χ1v) is 12.8. The zero-order chi connectivity index (χ0) is 23.3. The summed E-state index contributed by atoms with van der Waals surface area (Å²) in [6, 6.07) is 13.6. The van der Waals surface area contributed by atoms with Gasteiger partial charge in [-0.1, -0.05) is 24.3 Å². The van der Waals surface area contributed by atoms with Gasteiger partial charge in [0.15, 0.2) is 0 Å². The van der Waals surface area contributed by atoms with Crippen LogP contribution in [0.1, 0.15) is 24.0 Å². The van der Waals surface area contributed by atoms with Crippen LogP contribution in [0.4, 0.5) is 11.4 Å². The average Bonchev–Trinajstić information content (AvgIpc) is 2.78. The molecule has 174 valence electrons. The van der Waals surface area contributed by atoms with E-state index in [0.717, 1.165) is 35.7 Å². The maximum atomic E-state index is 12.8. The molecular weight excluding hydrogens is 426 g/mol. The Morgan fingerprint density at radius 1 is 1.03 bits per heavy atom. The fourth-order valence-corrected chi connectivity index (χ4v) is 5.11. The van der Waals surface area contributed by atoms with E-state index in [1.165, 1.54) is 10.6 Å². The van der Waals surface area contributed by atoms with Gasteiger partial charge in [-0.05, 0) is 49.6 Å². The fraction of sp³-hybridized carbons (Fsp3) is 0.458. The van der Waals surface area contributed by atoms with Crippen molar-refractivity contribution in [2.24, 2.45) is 0 Å². The molecule has 0 bridgehead atoms. The Morgan fingerprint density at radius 3 is 2.38 bits per heavy atom. The van der Waals surface area contributed by atoms with E-state index < -0.39 is 10.0 Å². The van der Waals surface area contributed by atoms with Gasteiger partial charge in [-0.2, -0.15) is 0 Å². The number of para-hydroxylation sites is 2. The molecule has 2 aromatic rings. The van der Waals surface area contributed by atoms with Crippen LogP contribution in [0, 0.1) is 13.8 Å². The molecule has 0 atom stereocenters. The zero-order valence-corrected chi connectivity index (χ0v) is 20.2. The van der Waals surface area contributed by atoms with Crippen LogP contribution < -0.4 is 13.9 Å². The van der Waals surface area contributed by atoms with Gasteiger partial charge in [0.25, 0.3) is 0 Å². The van der Waals surface area contributed by atoms with Gasteiger partial charge in [-0.25, -0.2) is 8.42 Å². The Balaban J connectivity index is 1.56. The third kappa shape index (κ3) is 5.54. The topological polar surface area (TPSA) is 70.2 Å². The highest BCUT2D eigenvalue weighted by atomic mass is 32.2. The number of piperazine rings is 1. The van der Waals surface area contributed by atoms with Gasteiger partial charge in [0, 0.05) is 39.1 Å². The summed E-state index contributed by atoms with van der Waals surface area (Å²) < 4.78 is 31.7. The smallest absolute Gasteiger partial charge is 0.232 e. The SMILES string of the molecule is COc1ccccc1N1CCN(C(=O)CCCN(c2cccc(C)c2C)S(C)(=O)=O)CC1. The summed E-state index contributed by atoms with van der Waals surface area (Å²) in [5, 5.41) is 0. The first kappa shape index (κ1) is 23.9. The molecule has 0 spiro atoms. The molecule has 1 saturated heterocycles. The lowest BCUT2D eigenvalue weighted by Crippen LogP contribution is -2.49. The van der Waals surface area contributed by atoms with Gasteiger partial charge in [0.1, 0.15) is 5.75 Å². The van der Waals surface area contributed by atoms with E-state index in [0.29, 0.717) is 31.6 Å². The fourth-order valence-electron chi connectivity index (χ4n) is 4.09. The quantitative estimate of drug-likeness (QED) is 0.606. The molecule has 1 fully saturated rings. The lowest BCUT2D eigenvalue weighted by atomic mass is 10.1. The van der Waals surface area contributed by atoms with Crippen LogP contribution in [0.15, 0.2) is 42.5 Å². The minimum Gasteiger partial charge on any atom is -0.495 e. The first-order valence-electron chi connectivity index (χ1n) is 10.9. The number of methoxy groups -OCH3 is 1. The van der Waals surface area contributed by atoms with Crippen molar-refractivity contribution in [3.05, 3.63) is 53.6 Å². The van der Waals surface area contributed by atoms with E-state index in [9.17, 15) is 13.2 Å². The van der Waals surface area contributed by atoms with E-state index >= 15 is 0 Å². The van der Waals surface area contributed by atoms with Crippen LogP contribution in [0.5, 0.6) is 5.75 Å². The summed E-state index contributed by atoms with van der Waals surface area (Å²) in [4.78, 5) is 16.9. The number of rotatable bonds is 8. The molecule has 0 unspecified atom stereocenters. The van der Waals surface area contributed by atoms with E-state index in [1.807, 2.05) is 61.2 Å². The zero-order valence-electron chi connectivity index (χ0n) is 19.4. The van der Waals surface area contributed by atoms with Crippen LogP contribution >= 0.6 is 0 Å². The molecule has 1 heterocycles. The van der Waals surface area contributed by atoms with Crippen LogP contribution in [-0.2, 0) is 14.8 Å². The van der Waals surface area contributed by atoms with Crippen LogP contribution in [0.2, 0.25) is 0 Å². The number of amides is 1. The van der Waals surface area contributed by atoms with E-state index in [4.69, 9.17) is 4.74 Å². The van der Waals surface area contributed by atoms with Crippen molar-refractivity contribution in [3.63, 3.8) is 0 Å². The third-order valence-electron chi connectivity index (χ3n) is 6.06. The summed E-state index contributed by atoms with van der Waals surface area (Å²) in [6.07, 6.45) is 2.02. The van der Waals surface area contributed by atoms with Crippen molar-refractivity contribution in [2.45, 2.75) is 26.7 Å². The van der Waals surface area contributed by atoms with E-state index in [2.05, 4.69) is 4.90 Å². The molecule has 32 heavy (non-hydrogen) atoms. The molecule has 1 aliphatic heterocycles. The third-order valence-corrected chi connectivity index (χ3v) is 7.24. The van der Waals surface area contributed by atoms with Gasteiger partial charge >= 0.3 is 0 Å². The maximum Gasteiger partial charge on any atom is 0.232 e. The molecule has 7 nitrogen and oxygen atoms in total. The number of ether oxygens (including phenoxy) is 1. The molecule has 2 aromatic carbocycles. The van der Waals surface area contributed by atoms with Gasteiger partial charge in [0.05, 0.1) is 24.7 Å². The van der Waals surface area contributed by atoms with Crippen LogP contribution in [0.25, 0.3) is 0 Å². The Hall–Kier alpha value is -2.74. The summed E-state index contributed by atoms with van der Waals surface area (Å²) in [5.74, 6) is 0.902. The minimum absolute atomic E-state index is 0.0686. The molecular formula is C24H33N3O4S. The standard InChI is InChI=1S/C24H33N3O4S/c1-19-9-7-11-21(20(19)2)27(32(4,29)30)14-8-13-24(28)26-17-15-25(16-18-26)22-10-5-6-12-23(22)31-3/h5-7,9-12H,8,13-18H2,1-4H3. The number of nitrogens with zero attached hydrogens (tertiary/aromatic N) is 3. The monoisotopic (exact) mass is 459 g/mol. The average molecular weight is 460 g/mol. The summed E-state index contributed by atoms with van der Waals surface area (Å²) >= 11 is 0. The maximum absolute atomic E-state index is 12.8. The van der Waals surface area contributed by atoms with Gasteiger partial charge in [-0.15, -0.1) is 0 Å². The number of benzene rings is 2. The molecule has 1 amide bonds. The number of aryl methyl sites for hydroxylation is 1. The summed E-state index contributed by atoms with van der Waals surface area (Å²) in [5.41, 5.74) is 3.71. The molecule has 0 aliphatic carbocycles. The van der Waals surface area contributed by atoms with Crippen molar-refractivity contribution in [1.82, 2.24) is 4.90 Å². The van der Waals surface area contributed by atoms with Crippen LogP contribution in [-0.4, -0.2) is 65.3 Å². The molecule has 0 saturated carbocycles. The van der Waals surface area contributed by atoms with Gasteiger partial charge < -0.3 is 14.5 Å². The van der Waals surface area contributed by atoms with Crippen molar-refractivity contribution in [2.75, 3.05) is 55.3 Å². The van der Waals surface area contributed by atoms with Crippen molar-refractivity contribution in [3.8, 4) is 5.75 Å². The van der Waals surface area contributed by atoms with Crippen molar-refractivity contribution in [1.29, 1.82) is 0 Å². The Bertz CT molecular complexity index is 1050. The normalized spacial score (nSPS) is 14.4. The molecule has 0 aromatic heterocycles. The number of sulfonamides is 1. The summed E-state index contributed by atoms with van der Waals surface area (Å²) in [6.45, 7) is 6.94. The number of hydrogen-bond donors (Lipinski definition) is 0. The Labute approximate surface area is 191 Å². The van der Waals surface area contributed by atoms with E-state index in [1.54, 1.807) is 7.11 Å². The second-order valence-corrected chi connectivity index (χ2v) is 10.1. The van der Waals surface area contributed by atoms with Crippen molar-refractivity contribution >= 4 is 27.3 Å². The molecule has 0 N–H and O–H groups in total. The van der Waals surface area contributed by atoms with Crippen molar-refractivity contribution < 1.29 is 17.9 Å².